The van der Waals surface area contributed by atoms with Gasteiger partial charge >= 0.3 is 0 Å². The minimum Gasteiger partial charge on any atom is -0.341 e. The molecule has 0 amide bonds. The zero-order chi connectivity index (χ0) is 14.0. The third-order valence-corrected chi connectivity index (χ3v) is 3.80. The molecule has 0 radical (unpaired) electrons. The van der Waals surface area contributed by atoms with Crippen molar-refractivity contribution in [2.24, 2.45) is 0 Å². The van der Waals surface area contributed by atoms with Gasteiger partial charge in [-0.2, -0.15) is 0 Å². The predicted octanol–water partition coefficient (Wildman–Crippen LogP) is 5.21. The van der Waals surface area contributed by atoms with E-state index in [4.69, 9.17) is 0 Å². The third-order valence-electron chi connectivity index (χ3n) is 3.80. The first-order valence-corrected chi connectivity index (χ1v) is 7.26. The van der Waals surface area contributed by atoms with E-state index in [0.717, 1.165) is 6.54 Å². The van der Waals surface area contributed by atoms with Gasteiger partial charge in [0.05, 0.1) is 0 Å². The summed E-state index contributed by atoms with van der Waals surface area (Å²) >= 11 is 0. The lowest BCUT2D eigenvalue weighted by atomic mass is 9.91. The molecule has 1 nitrogen and oxygen atoms in total. The Morgan fingerprint density at radius 3 is 2.05 bits per heavy atom. The van der Waals surface area contributed by atoms with E-state index >= 15 is 0 Å². The van der Waals surface area contributed by atoms with Crippen molar-refractivity contribution in [3.05, 3.63) is 53.3 Å². The normalized spacial score (nSPS) is 15.3. The molecule has 1 heteroatoms. The summed E-state index contributed by atoms with van der Waals surface area (Å²) in [5, 5.41) is 0. The molecule has 0 saturated heterocycles. The van der Waals surface area contributed by atoms with Gasteiger partial charge in [-0.05, 0) is 36.0 Å². The van der Waals surface area contributed by atoms with Crippen LogP contribution < -0.4 is 4.90 Å². The van der Waals surface area contributed by atoms with E-state index in [1.165, 1.54) is 22.5 Å². The molecule has 0 saturated carbocycles. The summed E-state index contributed by atoms with van der Waals surface area (Å²) in [6.07, 6.45) is 6.58. The Kier molecular flexibility index (Phi) is 4.14. The van der Waals surface area contributed by atoms with Crippen LogP contribution in [0.3, 0.4) is 0 Å². The second kappa shape index (κ2) is 5.64. The molecule has 1 aromatic carbocycles. The lowest BCUT2D eigenvalue weighted by molar-refractivity contribution is 0.813. The predicted molar refractivity (Wildman–Crippen MR) is 84.9 cm³/mol. The second-order valence-corrected chi connectivity index (χ2v) is 5.94. The molecule has 0 N–H and O–H groups in total. The summed E-state index contributed by atoms with van der Waals surface area (Å²) in [5.74, 6) is 1.10. The smallest absolute Gasteiger partial charge is 0.0481 e. The highest BCUT2D eigenvalue weighted by molar-refractivity contribution is 5.66. The Hall–Kier alpha value is -1.50. The maximum absolute atomic E-state index is 2.45. The van der Waals surface area contributed by atoms with E-state index in [2.05, 4.69) is 75.9 Å². The molecular weight excluding hydrogens is 230 g/mol. The Bertz CT molecular complexity index is 480. The van der Waals surface area contributed by atoms with E-state index in [1.54, 1.807) is 0 Å². The molecule has 0 spiro atoms. The standard InChI is InChI=1S/C18H25N/c1-13(2)16-10-8-11-17(14(3)4)18(16)19-12-7-6-9-15(19)5/h6-11,13-14H,12H2,1-5H3. The molecule has 0 fully saturated rings. The number of benzene rings is 1. The fraction of sp³-hybridized carbons (Fsp3) is 0.444. The van der Waals surface area contributed by atoms with Gasteiger partial charge in [0.15, 0.2) is 0 Å². The van der Waals surface area contributed by atoms with E-state index in [-0.39, 0.29) is 0 Å². The van der Waals surface area contributed by atoms with Gasteiger partial charge in [-0.15, -0.1) is 0 Å². The molecule has 1 aliphatic rings. The minimum absolute atomic E-state index is 0.549. The van der Waals surface area contributed by atoms with Crippen molar-refractivity contribution < 1.29 is 0 Å². The highest BCUT2D eigenvalue weighted by Gasteiger charge is 2.20. The Morgan fingerprint density at radius 2 is 1.58 bits per heavy atom. The molecule has 19 heavy (non-hydrogen) atoms. The highest BCUT2D eigenvalue weighted by Crippen LogP contribution is 2.37. The molecule has 0 atom stereocenters. The van der Waals surface area contributed by atoms with Crippen molar-refractivity contribution in [2.45, 2.75) is 46.5 Å². The highest BCUT2D eigenvalue weighted by atomic mass is 15.1. The van der Waals surface area contributed by atoms with Crippen molar-refractivity contribution in [1.29, 1.82) is 0 Å². The first kappa shape index (κ1) is 13.9. The van der Waals surface area contributed by atoms with Crippen LogP contribution in [0, 0.1) is 0 Å². The maximum Gasteiger partial charge on any atom is 0.0481 e. The fourth-order valence-corrected chi connectivity index (χ4v) is 2.70. The van der Waals surface area contributed by atoms with Gasteiger partial charge in [0.25, 0.3) is 0 Å². The number of hydrogen-bond acceptors (Lipinski definition) is 1. The molecule has 0 unspecified atom stereocenters. The summed E-state index contributed by atoms with van der Waals surface area (Å²) in [5.41, 5.74) is 5.66. The van der Waals surface area contributed by atoms with Crippen LogP contribution in [0.15, 0.2) is 42.1 Å². The average Bonchev–Trinajstić information content (AvgIpc) is 2.38. The maximum atomic E-state index is 2.45. The van der Waals surface area contributed by atoms with E-state index < -0.39 is 0 Å². The van der Waals surface area contributed by atoms with Gasteiger partial charge in [0.2, 0.25) is 0 Å². The van der Waals surface area contributed by atoms with Crippen molar-refractivity contribution in [1.82, 2.24) is 0 Å². The summed E-state index contributed by atoms with van der Waals surface area (Å²) in [4.78, 5) is 2.45. The molecule has 1 aliphatic heterocycles. The van der Waals surface area contributed by atoms with E-state index in [0.29, 0.717) is 11.8 Å². The largest absolute Gasteiger partial charge is 0.341 e. The minimum atomic E-state index is 0.549. The quantitative estimate of drug-likeness (QED) is 0.716. The van der Waals surface area contributed by atoms with Crippen molar-refractivity contribution >= 4 is 5.69 Å². The fourth-order valence-electron chi connectivity index (χ4n) is 2.70. The number of para-hydroxylation sites is 1. The first-order valence-electron chi connectivity index (χ1n) is 7.26. The monoisotopic (exact) mass is 255 g/mol. The van der Waals surface area contributed by atoms with E-state index in [9.17, 15) is 0 Å². The van der Waals surface area contributed by atoms with Crippen molar-refractivity contribution in [3.8, 4) is 0 Å². The molecule has 1 heterocycles. The molecule has 0 bridgehead atoms. The van der Waals surface area contributed by atoms with E-state index in [1.807, 2.05) is 0 Å². The zero-order valence-corrected chi connectivity index (χ0v) is 12.8. The van der Waals surface area contributed by atoms with Gasteiger partial charge in [-0.1, -0.05) is 58.0 Å². The summed E-state index contributed by atoms with van der Waals surface area (Å²) in [7, 11) is 0. The van der Waals surface area contributed by atoms with Crippen LogP contribution in [-0.2, 0) is 0 Å². The summed E-state index contributed by atoms with van der Waals surface area (Å²) in [6, 6.07) is 6.75. The van der Waals surface area contributed by atoms with Gasteiger partial charge in [0.1, 0.15) is 0 Å². The molecule has 2 rings (SSSR count). The van der Waals surface area contributed by atoms with Crippen LogP contribution in [0.25, 0.3) is 0 Å². The molecule has 0 aromatic heterocycles. The van der Waals surface area contributed by atoms with Gasteiger partial charge in [-0.3, -0.25) is 0 Å². The topological polar surface area (TPSA) is 3.24 Å². The van der Waals surface area contributed by atoms with Crippen LogP contribution in [-0.4, -0.2) is 6.54 Å². The number of allylic oxidation sites excluding steroid dienone is 3. The summed E-state index contributed by atoms with van der Waals surface area (Å²) < 4.78 is 0. The molecular formula is C18H25N. The summed E-state index contributed by atoms with van der Waals surface area (Å²) in [6.45, 7) is 12.3. The van der Waals surface area contributed by atoms with Crippen LogP contribution in [0.1, 0.15) is 57.6 Å². The number of rotatable bonds is 3. The SMILES string of the molecule is CC1=CC=CCN1c1c(C(C)C)cccc1C(C)C. The molecule has 0 aliphatic carbocycles. The second-order valence-electron chi connectivity index (χ2n) is 5.94. The third kappa shape index (κ3) is 2.75. The Morgan fingerprint density at radius 1 is 1.00 bits per heavy atom. The zero-order valence-electron chi connectivity index (χ0n) is 12.8. The lowest BCUT2D eigenvalue weighted by Gasteiger charge is -2.32. The average molecular weight is 255 g/mol. The lowest BCUT2D eigenvalue weighted by Crippen LogP contribution is -2.25. The number of nitrogens with zero attached hydrogens (tertiary/aromatic N) is 1. The van der Waals surface area contributed by atoms with Crippen molar-refractivity contribution in [2.75, 3.05) is 11.4 Å². The number of hydrogen-bond donors (Lipinski definition) is 0. The van der Waals surface area contributed by atoms with Crippen molar-refractivity contribution in [3.63, 3.8) is 0 Å². The van der Waals surface area contributed by atoms with Crippen LogP contribution >= 0.6 is 0 Å². The number of anilines is 1. The van der Waals surface area contributed by atoms with Gasteiger partial charge in [0, 0.05) is 17.9 Å². The first-order chi connectivity index (χ1) is 9.02. The van der Waals surface area contributed by atoms with Gasteiger partial charge < -0.3 is 4.90 Å². The Labute approximate surface area is 117 Å². The Balaban J connectivity index is 2.58. The molecule has 102 valence electrons. The van der Waals surface area contributed by atoms with Gasteiger partial charge in [-0.25, -0.2) is 0 Å². The van der Waals surface area contributed by atoms with Crippen LogP contribution in [0.5, 0.6) is 0 Å². The van der Waals surface area contributed by atoms with Crippen LogP contribution in [0.2, 0.25) is 0 Å². The molecule has 1 aromatic rings. The van der Waals surface area contributed by atoms with Crippen LogP contribution in [0.4, 0.5) is 5.69 Å².